The topological polar surface area (TPSA) is 64.1 Å². The van der Waals surface area contributed by atoms with Crippen LogP contribution < -0.4 is 16.8 Å². The summed E-state index contributed by atoms with van der Waals surface area (Å²) < 4.78 is 0. The third kappa shape index (κ3) is 1.35. The van der Waals surface area contributed by atoms with Crippen molar-refractivity contribution < 1.29 is 0 Å². The van der Waals surface area contributed by atoms with Crippen LogP contribution in [0.3, 0.4) is 0 Å². The zero-order valence-corrected chi connectivity index (χ0v) is 7.96. The summed E-state index contributed by atoms with van der Waals surface area (Å²) in [7, 11) is 0.0224. The molecule has 0 radical (unpaired) electrons. The van der Waals surface area contributed by atoms with Crippen LogP contribution in [0.2, 0.25) is 0 Å². The van der Waals surface area contributed by atoms with Crippen molar-refractivity contribution in [2.75, 3.05) is 6.26 Å². The molecule has 0 aromatic rings. The molecule has 0 bridgehead atoms. The van der Waals surface area contributed by atoms with Gasteiger partial charge in [-0.3, -0.25) is 0 Å². The predicted octanol–water partition coefficient (Wildman–Crippen LogP) is 0.318. The van der Waals surface area contributed by atoms with Gasteiger partial charge in [0.15, 0.2) is 0 Å². The lowest BCUT2D eigenvalue weighted by molar-refractivity contribution is 0.856. The molecule has 0 saturated heterocycles. The number of rotatable bonds is 1. The minimum Gasteiger partial charge on any atom is -0.391 e. The minimum atomic E-state index is 0.0224. The van der Waals surface area contributed by atoms with Gasteiger partial charge in [0, 0.05) is 4.99 Å². The Balaban J connectivity index is 2.93. The second-order valence-corrected chi connectivity index (χ2v) is 4.83. The highest BCUT2D eigenvalue weighted by atomic mass is 32.2. The van der Waals surface area contributed by atoms with Crippen LogP contribution in [0.25, 0.3) is 0 Å². The van der Waals surface area contributed by atoms with Crippen LogP contribution in [0.4, 0.5) is 0 Å². The van der Waals surface area contributed by atoms with Crippen molar-refractivity contribution in [3.8, 4) is 0 Å². The van der Waals surface area contributed by atoms with Gasteiger partial charge in [-0.1, -0.05) is 13.8 Å². The molecule has 3 nitrogen and oxygen atoms in total. The third-order valence-electron chi connectivity index (χ3n) is 1.71. The lowest BCUT2D eigenvalue weighted by atomic mass is 10.2. The summed E-state index contributed by atoms with van der Waals surface area (Å²) >= 11 is 0. The highest BCUT2D eigenvalue weighted by Gasteiger charge is 2.17. The molecule has 0 amide bonds. The molecule has 1 heterocycles. The molecule has 0 aromatic heterocycles. The van der Waals surface area contributed by atoms with E-state index in [1.807, 2.05) is 0 Å². The zero-order chi connectivity index (χ0) is 8.59. The maximum atomic E-state index is 5.73. The van der Waals surface area contributed by atoms with Gasteiger partial charge < -0.3 is 16.8 Å². The van der Waals surface area contributed by atoms with E-state index in [1.54, 1.807) is 0 Å². The van der Waals surface area contributed by atoms with Gasteiger partial charge in [0.2, 0.25) is 0 Å². The Morgan fingerprint density at radius 3 is 2.09 bits per heavy atom. The molecule has 5 N–H and O–H groups in total. The van der Waals surface area contributed by atoms with Crippen molar-refractivity contribution in [1.82, 2.24) is 5.32 Å². The molecule has 0 spiro atoms. The average molecular weight is 173 g/mol. The Morgan fingerprint density at radius 2 is 1.91 bits per heavy atom. The van der Waals surface area contributed by atoms with Gasteiger partial charge in [-0.05, 0) is 12.2 Å². The molecular formula is C7H15N3S. The van der Waals surface area contributed by atoms with Crippen LogP contribution in [0.15, 0.2) is 10.9 Å². The third-order valence-corrected chi connectivity index (χ3v) is 3.82. The lowest BCUT2D eigenvalue weighted by Crippen LogP contribution is -2.27. The Bertz CT molecular complexity index is 240. The Labute approximate surface area is 69.8 Å². The van der Waals surface area contributed by atoms with Crippen LogP contribution in [-0.4, -0.2) is 11.2 Å². The van der Waals surface area contributed by atoms with Crippen LogP contribution in [-0.2, 0) is 0 Å². The Hall–Kier alpha value is -0.640. The second-order valence-electron chi connectivity index (χ2n) is 2.93. The van der Waals surface area contributed by atoms with Crippen molar-refractivity contribution in [2.45, 2.75) is 13.8 Å². The van der Waals surface area contributed by atoms with Crippen molar-refractivity contribution in [2.24, 2.45) is 17.4 Å². The Kier molecular flexibility index (Phi) is 2.13. The van der Waals surface area contributed by atoms with E-state index in [4.69, 9.17) is 11.5 Å². The van der Waals surface area contributed by atoms with Gasteiger partial charge in [-0.25, -0.2) is 0 Å². The summed E-state index contributed by atoms with van der Waals surface area (Å²) in [6.45, 7) is 4.27. The lowest BCUT2D eigenvalue weighted by Gasteiger charge is -2.09. The summed E-state index contributed by atoms with van der Waals surface area (Å²) in [6.07, 6.45) is 2.09. The summed E-state index contributed by atoms with van der Waals surface area (Å²) in [4.78, 5) is 1.25. The van der Waals surface area contributed by atoms with Crippen molar-refractivity contribution in [3.05, 3.63) is 10.9 Å². The summed E-state index contributed by atoms with van der Waals surface area (Å²) in [5.41, 5.74) is 11.4. The van der Waals surface area contributed by atoms with Gasteiger partial charge in [0.1, 0.15) is 10.9 Å². The predicted molar refractivity (Wildman–Crippen MR) is 51.9 cm³/mol. The highest BCUT2D eigenvalue weighted by molar-refractivity contribution is 8.18. The maximum absolute atomic E-state index is 5.73. The molecule has 1 aliphatic heterocycles. The minimum absolute atomic E-state index is 0.0224. The molecule has 4 heteroatoms. The van der Waals surface area contributed by atoms with Gasteiger partial charge >= 0.3 is 0 Å². The van der Waals surface area contributed by atoms with Gasteiger partial charge in [0.05, 0.1) is 0 Å². The largest absolute Gasteiger partial charge is 0.391 e. The fourth-order valence-electron chi connectivity index (χ4n) is 1.05. The summed E-state index contributed by atoms with van der Waals surface area (Å²) in [5, 5.41) is 3.91. The Morgan fingerprint density at radius 1 is 1.36 bits per heavy atom. The van der Waals surface area contributed by atoms with E-state index < -0.39 is 0 Å². The maximum Gasteiger partial charge on any atom is 0.131 e. The standard InChI is InChI=1S/C7H15N3S/c1-4(2)7-10-5(8)6(9)11(7)3/h4,10H,8-9H2,1-3H3. The van der Waals surface area contributed by atoms with E-state index in [-0.39, 0.29) is 10.5 Å². The van der Waals surface area contributed by atoms with E-state index in [0.717, 1.165) is 5.03 Å². The van der Waals surface area contributed by atoms with E-state index in [0.29, 0.717) is 11.7 Å². The summed E-state index contributed by atoms with van der Waals surface area (Å²) in [6, 6.07) is 0. The first-order chi connectivity index (χ1) is 5.04. The van der Waals surface area contributed by atoms with Crippen LogP contribution >= 0.6 is 10.5 Å². The van der Waals surface area contributed by atoms with E-state index in [2.05, 4.69) is 25.4 Å². The molecule has 64 valence electrons. The zero-order valence-electron chi connectivity index (χ0n) is 7.14. The van der Waals surface area contributed by atoms with Gasteiger partial charge in [-0.2, -0.15) is 0 Å². The van der Waals surface area contributed by atoms with Crippen molar-refractivity contribution >= 4 is 15.5 Å². The number of nitrogens with one attached hydrogen (secondary N) is 1. The number of hydrogen-bond acceptors (Lipinski definition) is 3. The molecule has 0 saturated carbocycles. The molecule has 1 rings (SSSR count). The first kappa shape index (κ1) is 8.46. The van der Waals surface area contributed by atoms with E-state index in [1.165, 1.54) is 4.99 Å². The molecule has 0 fully saturated rings. The molecule has 1 unspecified atom stereocenters. The number of hydrogen-bond donors (Lipinski definition) is 3. The first-order valence-corrected chi connectivity index (χ1v) is 5.22. The number of nitrogens with two attached hydrogens (primary N) is 2. The van der Waals surface area contributed by atoms with Crippen LogP contribution in [0, 0.1) is 5.92 Å². The SMILES string of the molecule is CC(C)C1=S(C)C(N)=C(N)N1. The van der Waals surface area contributed by atoms with Gasteiger partial charge in [0.25, 0.3) is 0 Å². The molecule has 1 atom stereocenters. The highest BCUT2D eigenvalue weighted by Crippen LogP contribution is 2.26. The average Bonchev–Trinajstić information content (AvgIpc) is 2.17. The summed E-state index contributed by atoms with van der Waals surface area (Å²) in [5.74, 6) is 1.14. The quantitative estimate of drug-likeness (QED) is 0.500. The molecule has 0 aliphatic carbocycles. The smallest absolute Gasteiger partial charge is 0.131 e. The van der Waals surface area contributed by atoms with Crippen molar-refractivity contribution in [3.63, 3.8) is 0 Å². The van der Waals surface area contributed by atoms with E-state index in [9.17, 15) is 0 Å². The normalized spacial score (nSPS) is 24.7. The monoisotopic (exact) mass is 173 g/mol. The first-order valence-electron chi connectivity index (χ1n) is 3.59. The van der Waals surface area contributed by atoms with Gasteiger partial charge in [-0.15, -0.1) is 10.5 Å². The molecule has 11 heavy (non-hydrogen) atoms. The van der Waals surface area contributed by atoms with Crippen molar-refractivity contribution in [1.29, 1.82) is 0 Å². The second kappa shape index (κ2) is 2.77. The van der Waals surface area contributed by atoms with Crippen LogP contribution in [0.1, 0.15) is 13.8 Å². The molecule has 1 aliphatic rings. The van der Waals surface area contributed by atoms with E-state index >= 15 is 0 Å². The fourth-order valence-corrected chi connectivity index (χ4v) is 2.64. The fraction of sp³-hybridized carbons (Fsp3) is 0.571. The van der Waals surface area contributed by atoms with Crippen LogP contribution in [0.5, 0.6) is 0 Å². The molecular weight excluding hydrogens is 158 g/mol. The molecule has 0 aromatic carbocycles.